The average molecular weight is 416 g/mol. The molecule has 1 heterocycles. The summed E-state index contributed by atoms with van der Waals surface area (Å²) in [5, 5.41) is 0. The number of esters is 1. The first-order chi connectivity index (χ1) is 13.7. The van der Waals surface area contributed by atoms with Gasteiger partial charge in [0.05, 0.1) is 17.1 Å². The first-order valence-electron chi connectivity index (χ1n) is 9.53. The van der Waals surface area contributed by atoms with Gasteiger partial charge in [-0.3, -0.25) is 4.79 Å². The van der Waals surface area contributed by atoms with E-state index in [9.17, 15) is 18.0 Å². The van der Waals surface area contributed by atoms with Crippen LogP contribution in [0.3, 0.4) is 0 Å². The number of carbonyl (C=O) groups excluding carboxylic acids is 2. The van der Waals surface area contributed by atoms with Crippen LogP contribution in [0.1, 0.15) is 33.5 Å². The third-order valence-corrected chi connectivity index (χ3v) is 6.84. The summed E-state index contributed by atoms with van der Waals surface area (Å²) in [6.07, 6.45) is 0.395. The minimum Gasteiger partial charge on any atom is -0.452 e. The second-order valence-electron chi connectivity index (χ2n) is 7.46. The maximum absolute atomic E-state index is 12.9. The van der Waals surface area contributed by atoms with Crippen LogP contribution >= 0.6 is 0 Å². The molecular weight excluding hydrogens is 390 g/mol. The van der Waals surface area contributed by atoms with E-state index in [0.717, 1.165) is 16.7 Å². The highest BCUT2D eigenvalue weighted by Crippen LogP contribution is 2.21. The van der Waals surface area contributed by atoms with E-state index in [2.05, 4.69) is 0 Å². The number of ether oxygens (including phenoxy) is 1. The summed E-state index contributed by atoms with van der Waals surface area (Å²) in [6, 6.07) is 14.3. The molecule has 0 radical (unpaired) electrons. The van der Waals surface area contributed by atoms with Crippen LogP contribution in [0.5, 0.6) is 0 Å². The number of nitrogens with zero attached hydrogens (tertiary/aromatic N) is 1. The Morgan fingerprint density at radius 3 is 2.45 bits per heavy atom. The topological polar surface area (TPSA) is 80.8 Å². The minimum atomic E-state index is -3.15. The SMILES string of the molecule is Cc1ccc(C(=O)OCC(=O)N(Cc2ccccc2)[C@H]2CCS(=O)(=O)C2)c(C)c1. The van der Waals surface area contributed by atoms with Gasteiger partial charge in [-0.05, 0) is 37.5 Å². The molecule has 154 valence electrons. The molecule has 1 fully saturated rings. The molecule has 0 aromatic heterocycles. The fraction of sp³-hybridized carbons (Fsp3) is 0.364. The van der Waals surface area contributed by atoms with Crippen molar-refractivity contribution < 1.29 is 22.7 Å². The number of hydrogen-bond donors (Lipinski definition) is 0. The van der Waals surface area contributed by atoms with E-state index in [-0.39, 0.29) is 18.1 Å². The van der Waals surface area contributed by atoms with E-state index >= 15 is 0 Å². The van der Waals surface area contributed by atoms with Crippen LogP contribution in [0.2, 0.25) is 0 Å². The fourth-order valence-electron chi connectivity index (χ4n) is 3.55. The highest BCUT2D eigenvalue weighted by atomic mass is 32.2. The summed E-state index contributed by atoms with van der Waals surface area (Å²) in [5.74, 6) is -0.946. The molecule has 1 aliphatic rings. The van der Waals surface area contributed by atoms with Crippen LogP contribution in [0, 0.1) is 13.8 Å². The van der Waals surface area contributed by atoms with Crippen LogP contribution in [0.25, 0.3) is 0 Å². The van der Waals surface area contributed by atoms with E-state index in [4.69, 9.17) is 4.74 Å². The van der Waals surface area contributed by atoms with Crippen LogP contribution < -0.4 is 0 Å². The number of rotatable bonds is 6. The summed E-state index contributed by atoms with van der Waals surface area (Å²) in [4.78, 5) is 26.8. The molecule has 3 rings (SSSR count). The molecule has 0 aliphatic carbocycles. The zero-order valence-electron chi connectivity index (χ0n) is 16.6. The van der Waals surface area contributed by atoms with Crippen molar-refractivity contribution in [3.63, 3.8) is 0 Å². The summed E-state index contributed by atoms with van der Waals surface area (Å²) in [6.45, 7) is 3.61. The number of carbonyl (C=O) groups is 2. The minimum absolute atomic E-state index is 0.0589. The molecule has 0 spiro atoms. The van der Waals surface area contributed by atoms with Gasteiger partial charge in [0.15, 0.2) is 16.4 Å². The van der Waals surface area contributed by atoms with Gasteiger partial charge in [0, 0.05) is 12.6 Å². The summed E-state index contributed by atoms with van der Waals surface area (Å²) in [7, 11) is -3.15. The molecule has 0 unspecified atom stereocenters. The lowest BCUT2D eigenvalue weighted by atomic mass is 10.1. The highest BCUT2D eigenvalue weighted by molar-refractivity contribution is 7.91. The van der Waals surface area contributed by atoms with Crippen molar-refractivity contribution in [3.05, 3.63) is 70.8 Å². The number of hydrogen-bond acceptors (Lipinski definition) is 5. The van der Waals surface area contributed by atoms with Crippen LogP contribution in [-0.2, 0) is 25.9 Å². The predicted octanol–water partition coefficient (Wildman–Crippen LogP) is 2.68. The zero-order valence-corrected chi connectivity index (χ0v) is 17.4. The first-order valence-corrected chi connectivity index (χ1v) is 11.4. The summed E-state index contributed by atoms with van der Waals surface area (Å²) in [5.41, 5.74) is 3.13. The maximum Gasteiger partial charge on any atom is 0.338 e. The number of aryl methyl sites for hydroxylation is 2. The number of sulfone groups is 1. The molecule has 0 N–H and O–H groups in total. The maximum atomic E-state index is 12.9. The Morgan fingerprint density at radius 2 is 1.83 bits per heavy atom. The van der Waals surface area contributed by atoms with Crippen LogP contribution in [0.4, 0.5) is 0 Å². The first kappa shape index (κ1) is 21.0. The molecular formula is C22H25NO5S. The average Bonchev–Trinajstić information content (AvgIpc) is 3.04. The molecule has 1 atom stereocenters. The molecule has 29 heavy (non-hydrogen) atoms. The van der Waals surface area contributed by atoms with Crippen molar-refractivity contribution in [1.29, 1.82) is 0 Å². The third-order valence-electron chi connectivity index (χ3n) is 5.09. The Bertz CT molecular complexity index is 1000. The fourth-order valence-corrected chi connectivity index (χ4v) is 5.28. The lowest BCUT2D eigenvalue weighted by Crippen LogP contribution is -2.42. The molecule has 2 aromatic rings. The molecule has 1 saturated heterocycles. The van der Waals surface area contributed by atoms with E-state index < -0.39 is 34.4 Å². The van der Waals surface area contributed by atoms with Gasteiger partial charge in [-0.25, -0.2) is 13.2 Å². The number of benzene rings is 2. The van der Waals surface area contributed by atoms with Crippen molar-refractivity contribution in [2.45, 2.75) is 32.9 Å². The van der Waals surface area contributed by atoms with Crippen molar-refractivity contribution in [1.82, 2.24) is 4.90 Å². The van der Waals surface area contributed by atoms with Gasteiger partial charge >= 0.3 is 5.97 Å². The van der Waals surface area contributed by atoms with Crippen molar-refractivity contribution in [2.75, 3.05) is 18.1 Å². The van der Waals surface area contributed by atoms with Crippen molar-refractivity contribution >= 4 is 21.7 Å². The van der Waals surface area contributed by atoms with E-state index in [1.807, 2.05) is 56.3 Å². The molecule has 2 aromatic carbocycles. The zero-order chi connectivity index (χ0) is 21.0. The van der Waals surface area contributed by atoms with E-state index in [1.54, 1.807) is 6.07 Å². The largest absolute Gasteiger partial charge is 0.452 e. The number of amides is 1. The van der Waals surface area contributed by atoms with Gasteiger partial charge in [0.2, 0.25) is 0 Å². The Kier molecular flexibility index (Phi) is 6.37. The van der Waals surface area contributed by atoms with Gasteiger partial charge in [-0.2, -0.15) is 0 Å². The van der Waals surface area contributed by atoms with Crippen molar-refractivity contribution in [2.24, 2.45) is 0 Å². The summed E-state index contributed by atoms with van der Waals surface area (Å²) < 4.78 is 29.1. The lowest BCUT2D eigenvalue weighted by molar-refractivity contribution is -0.137. The Balaban J connectivity index is 1.71. The normalized spacial score (nSPS) is 17.7. The molecule has 0 saturated carbocycles. The smallest absolute Gasteiger partial charge is 0.338 e. The van der Waals surface area contributed by atoms with Gasteiger partial charge in [-0.15, -0.1) is 0 Å². The van der Waals surface area contributed by atoms with Gasteiger partial charge in [-0.1, -0.05) is 48.0 Å². The standard InChI is InChI=1S/C22H25NO5S/c1-16-8-9-20(17(2)12-16)22(25)28-14-21(24)23(13-18-6-4-3-5-7-18)19-10-11-29(26,27)15-19/h3-9,12,19H,10-11,13-15H2,1-2H3/t19-/m0/s1. The van der Waals surface area contributed by atoms with Gasteiger partial charge < -0.3 is 9.64 Å². The summed E-state index contributed by atoms with van der Waals surface area (Å²) >= 11 is 0. The van der Waals surface area contributed by atoms with Gasteiger partial charge in [0.25, 0.3) is 5.91 Å². The van der Waals surface area contributed by atoms with Crippen LogP contribution in [0.15, 0.2) is 48.5 Å². The van der Waals surface area contributed by atoms with E-state index in [1.165, 1.54) is 4.90 Å². The van der Waals surface area contributed by atoms with Crippen LogP contribution in [-0.4, -0.2) is 49.3 Å². The second-order valence-corrected chi connectivity index (χ2v) is 9.69. The quantitative estimate of drug-likeness (QED) is 0.678. The monoisotopic (exact) mass is 415 g/mol. The van der Waals surface area contributed by atoms with E-state index in [0.29, 0.717) is 12.0 Å². The Morgan fingerprint density at radius 1 is 1.10 bits per heavy atom. The third kappa shape index (κ3) is 5.44. The molecule has 6 nitrogen and oxygen atoms in total. The van der Waals surface area contributed by atoms with Gasteiger partial charge in [0.1, 0.15) is 0 Å². The Labute approximate surface area is 171 Å². The lowest BCUT2D eigenvalue weighted by Gasteiger charge is -2.28. The molecule has 7 heteroatoms. The second kappa shape index (κ2) is 8.78. The highest BCUT2D eigenvalue weighted by Gasteiger charge is 2.35. The molecule has 1 amide bonds. The molecule has 1 aliphatic heterocycles. The molecule has 0 bridgehead atoms. The Hall–Kier alpha value is -2.67. The van der Waals surface area contributed by atoms with Crippen molar-refractivity contribution in [3.8, 4) is 0 Å². The predicted molar refractivity (Wildman–Crippen MR) is 110 cm³/mol.